The summed E-state index contributed by atoms with van der Waals surface area (Å²) in [5.41, 5.74) is 0.769. The van der Waals surface area contributed by atoms with Gasteiger partial charge in [0.15, 0.2) is 18.2 Å². The zero-order valence-corrected chi connectivity index (χ0v) is 11.8. The molecule has 6 heteroatoms. The molecule has 3 rings (SSSR count). The fourth-order valence-electron chi connectivity index (χ4n) is 1.87. The first-order chi connectivity index (χ1) is 10.8. The number of aromatic nitrogens is 2. The molecule has 1 heterocycles. The van der Waals surface area contributed by atoms with Gasteiger partial charge < -0.3 is 14.0 Å². The molecule has 0 amide bonds. The Kier molecular flexibility index (Phi) is 4.00. The van der Waals surface area contributed by atoms with Crippen LogP contribution in [0.25, 0.3) is 11.5 Å². The highest BCUT2D eigenvalue weighted by Crippen LogP contribution is 2.21. The smallest absolute Gasteiger partial charge is 0.258 e. The predicted octanol–water partition coefficient (Wildman–Crippen LogP) is 3.46. The van der Waals surface area contributed by atoms with E-state index in [-0.39, 0.29) is 12.4 Å². The van der Waals surface area contributed by atoms with E-state index >= 15 is 0 Å². The Bertz CT molecular complexity index is 756. The second-order valence-electron chi connectivity index (χ2n) is 4.46. The number of hydrogen-bond acceptors (Lipinski definition) is 5. The maximum atomic E-state index is 13.4. The summed E-state index contributed by atoms with van der Waals surface area (Å²) in [5, 5.41) is 3.82. The first-order valence-electron chi connectivity index (χ1n) is 6.60. The Morgan fingerprint density at radius 3 is 2.59 bits per heavy atom. The number of benzene rings is 2. The van der Waals surface area contributed by atoms with E-state index in [4.69, 9.17) is 14.0 Å². The maximum absolute atomic E-state index is 13.4. The maximum Gasteiger partial charge on any atom is 0.258 e. The highest BCUT2D eigenvalue weighted by Gasteiger charge is 2.10. The van der Waals surface area contributed by atoms with E-state index in [2.05, 4.69) is 10.1 Å². The van der Waals surface area contributed by atoms with Gasteiger partial charge in [-0.3, -0.25) is 0 Å². The molecule has 22 heavy (non-hydrogen) atoms. The molecule has 0 N–H and O–H groups in total. The Labute approximate surface area is 126 Å². The average molecular weight is 300 g/mol. The SMILES string of the molecule is COc1ccc(-c2nc(COc3ccccc3F)no2)cc1. The molecule has 0 fully saturated rings. The predicted molar refractivity (Wildman–Crippen MR) is 77.0 cm³/mol. The normalized spacial score (nSPS) is 10.5. The third-order valence-corrected chi connectivity index (χ3v) is 3.00. The van der Waals surface area contributed by atoms with Gasteiger partial charge in [-0.2, -0.15) is 4.98 Å². The molecule has 0 aliphatic heterocycles. The van der Waals surface area contributed by atoms with Crippen LogP contribution >= 0.6 is 0 Å². The molecule has 0 aliphatic carbocycles. The molecule has 0 saturated heterocycles. The van der Waals surface area contributed by atoms with Crippen LogP contribution in [0.1, 0.15) is 5.82 Å². The lowest BCUT2D eigenvalue weighted by Gasteiger charge is -2.03. The van der Waals surface area contributed by atoms with Crippen LogP contribution < -0.4 is 9.47 Å². The van der Waals surface area contributed by atoms with Crippen molar-refractivity contribution in [2.24, 2.45) is 0 Å². The largest absolute Gasteiger partial charge is 0.497 e. The van der Waals surface area contributed by atoms with Gasteiger partial charge in [-0.15, -0.1) is 0 Å². The standard InChI is InChI=1S/C16H13FN2O3/c1-20-12-8-6-11(7-9-12)16-18-15(19-22-16)10-21-14-5-3-2-4-13(14)17/h2-9H,10H2,1H3. The van der Waals surface area contributed by atoms with Gasteiger partial charge in [0.1, 0.15) is 5.75 Å². The molecule has 0 radical (unpaired) electrons. The third-order valence-electron chi connectivity index (χ3n) is 3.00. The molecule has 0 spiro atoms. The molecular formula is C16H13FN2O3. The van der Waals surface area contributed by atoms with E-state index < -0.39 is 5.82 Å². The minimum atomic E-state index is -0.429. The lowest BCUT2D eigenvalue weighted by molar-refractivity contribution is 0.274. The minimum Gasteiger partial charge on any atom is -0.497 e. The van der Waals surface area contributed by atoms with Gasteiger partial charge in [0, 0.05) is 5.56 Å². The zero-order valence-electron chi connectivity index (χ0n) is 11.8. The van der Waals surface area contributed by atoms with Crippen molar-refractivity contribution < 1.29 is 18.4 Å². The Morgan fingerprint density at radius 2 is 1.86 bits per heavy atom. The summed E-state index contributed by atoms with van der Waals surface area (Å²) >= 11 is 0. The van der Waals surface area contributed by atoms with Crippen molar-refractivity contribution in [2.75, 3.05) is 7.11 Å². The molecule has 2 aromatic carbocycles. The van der Waals surface area contributed by atoms with Crippen LogP contribution in [-0.4, -0.2) is 17.3 Å². The zero-order chi connectivity index (χ0) is 15.4. The summed E-state index contributed by atoms with van der Waals surface area (Å²) in [7, 11) is 1.60. The molecular weight excluding hydrogens is 287 g/mol. The average Bonchev–Trinajstić information content (AvgIpc) is 3.03. The molecule has 0 unspecified atom stereocenters. The molecule has 0 atom stereocenters. The van der Waals surface area contributed by atoms with Crippen molar-refractivity contribution in [2.45, 2.75) is 6.61 Å². The number of ether oxygens (including phenoxy) is 2. The summed E-state index contributed by atoms with van der Waals surface area (Å²) in [4.78, 5) is 4.21. The summed E-state index contributed by atoms with van der Waals surface area (Å²) in [6.07, 6.45) is 0. The monoisotopic (exact) mass is 300 g/mol. The van der Waals surface area contributed by atoms with Crippen molar-refractivity contribution in [3.8, 4) is 23.0 Å². The summed E-state index contributed by atoms with van der Waals surface area (Å²) < 4.78 is 29.0. The van der Waals surface area contributed by atoms with Crippen molar-refractivity contribution in [1.82, 2.24) is 10.1 Å². The van der Waals surface area contributed by atoms with Gasteiger partial charge in [0.05, 0.1) is 7.11 Å². The first kappa shape index (κ1) is 14.1. The lowest BCUT2D eigenvalue weighted by Crippen LogP contribution is -1.99. The Balaban J connectivity index is 1.69. The van der Waals surface area contributed by atoms with E-state index in [1.165, 1.54) is 6.07 Å². The third kappa shape index (κ3) is 3.06. The van der Waals surface area contributed by atoms with Crippen LogP contribution in [0.4, 0.5) is 4.39 Å². The number of para-hydroxylation sites is 1. The minimum absolute atomic E-state index is 0.0284. The number of hydrogen-bond donors (Lipinski definition) is 0. The molecule has 1 aromatic heterocycles. The number of halogens is 1. The van der Waals surface area contributed by atoms with Gasteiger partial charge in [-0.1, -0.05) is 17.3 Å². The molecule has 112 valence electrons. The summed E-state index contributed by atoms with van der Waals surface area (Å²) in [6, 6.07) is 13.4. The Morgan fingerprint density at radius 1 is 1.09 bits per heavy atom. The van der Waals surface area contributed by atoms with E-state index in [9.17, 15) is 4.39 Å². The first-order valence-corrected chi connectivity index (χ1v) is 6.60. The van der Waals surface area contributed by atoms with Gasteiger partial charge >= 0.3 is 0 Å². The molecule has 0 aliphatic rings. The summed E-state index contributed by atoms with van der Waals surface area (Å²) in [5.74, 6) is 1.18. The van der Waals surface area contributed by atoms with Gasteiger partial charge in [0.2, 0.25) is 5.82 Å². The number of rotatable bonds is 5. The number of methoxy groups -OCH3 is 1. The molecule has 5 nitrogen and oxygen atoms in total. The van der Waals surface area contributed by atoms with E-state index in [0.29, 0.717) is 11.7 Å². The van der Waals surface area contributed by atoms with Crippen molar-refractivity contribution in [3.63, 3.8) is 0 Å². The molecule has 3 aromatic rings. The van der Waals surface area contributed by atoms with Gasteiger partial charge in [-0.25, -0.2) is 4.39 Å². The van der Waals surface area contributed by atoms with E-state index in [1.54, 1.807) is 37.4 Å². The highest BCUT2D eigenvalue weighted by atomic mass is 19.1. The highest BCUT2D eigenvalue weighted by molar-refractivity contribution is 5.54. The Hall–Kier alpha value is -2.89. The fourth-order valence-corrected chi connectivity index (χ4v) is 1.87. The van der Waals surface area contributed by atoms with Crippen LogP contribution in [-0.2, 0) is 6.61 Å². The van der Waals surface area contributed by atoms with E-state index in [0.717, 1.165) is 11.3 Å². The van der Waals surface area contributed by atoms with Crippen LogP contribution in [0.5, 0.6) is 11.5 Å². The van der Waals surface area contributed by atoms with Crippen molar-refractivity contribution in [1.29, 1.82) is 0 Å². The fraction of sp³-hybridized carbons (Fsp3) is 0.125. The van der Waals surface area contributed by atoms with Crippen LogP contribution in [0.2, 0.25) is 0 Å². The molecule has 0 bridgehead atoms. The van der Waals surface area contributed by atoms with Gasteiger partial charge in [-0.05, 0) is 36.4 Å². The topological polar surface area (TPSA) is 57.4 Å². The molecule has 0 saturated carbocycles. The second kappa shape index (κ2) is 6.26. The van der Waals surface area contributed by atoms with Crippen LogP contribution in [0.15, 0.2) is 53.1 Å². The lowest BCUT2D eigenvalue weighted by atomic mass is 10.2. The van der Waals surface area contributed by atoms with Gasteiger partial charge in [0.25, 0.3) is 5.89 Å². The second-order valence-corrected chi connectivity index (χ2v) is 4.46. The van der Waals surface area contributed by atoms with Crippen molar-refractivity contribution >= 4 is 0 Å². The van der Waals surface area contributed by atoms with Crippen LogP contribution in [0, 0.1) is 5.82 Å². The van der Waals surface area contributed by atoms with E-state index in [1.807, 2.05) is 12.1 Å². The quantitative estimate of drug-likeness (QED) is 0.722. The summed E-state index contributed by atoms with van der Waals surface area (Å²) in [6.45, 7) is 0.0284. The number of nitrogens with zero attached hydrogens (tertiary/aromatic N) is 2. The van der Waals surface area contributed by atoms with Crippen molar-refractivity contribution in [3.05, 3.63) is 60.2 Å². The van der Waals surface area contributed by atoms with Crippen LogP contribution in [0.3, 0.4) is 0 Å².